The van der Waals surface area contributed by atoms with E-state index in [9.17, 15) is 0 Å². The van der Waals surface area contributed by atoms with Gasteiger partial charge in [-0.05, 0) is 13.0 Å². The van der Waals surface area contributed by atoms with Gasteiger partial charge in [0, 0.05) is 50.7 Å². The third kappa shape index (κ3) is 3.33. The van der Waals surface area contributed by atoms with E-state index >= 15 is 0 Å². The molecule has 0 aliphatic carbocycles. The molecule has 1 N–H and O–H groups in total. The maximum atomic E-state index is 5.47. The van der Waals surface area contributed by atoms with Crippen molar-refractivity contribution >= 4 is 27.4 Å². The number of anilines is 1. The van der Waals surface area contributed by atoms with Crippen LogP contribution in [0.1, 0.15) is 10.7 Å². The SMILES string of the molecule is Cc1nc(N2CCOCC2)c2sc(CN3CCNCC3)cc2n1. The number of fused-ring (bicyclic) bond motifs is 1. The second-order valence-corrected chi connectivity index (χ2v) is 7.28. The highest BCUT2D eigenvalue weighted by Crippen LogP contribution is 2.33. The van der Waals surface area contributed by atoms with E-state index in [4.69, 9.17) is 9.72 Å². The molecule has 0 atom stereocenters. The third-order valence-electron chi connectivity index (χ3n) is 4.42. The van der Waals surface area contributed by atoms with Crippen LogP contribution < -0.4 is 10.2 Å². The lowest BCUT2D eigenvalue weighted by Gasteiger charge is -2.28. The Morgan fingerprint density at radius 3 is 2.74 bits per heavy atom. The van der Waals surface area contributed by atoms with E-state index in [1.165, 1.54) is 9.58 Å². The summed E-state index contributed by atoms with van der Waals surface area (Å²) in [6.45, 7) is 10.8. The summed E-state index contributed by atoms with van der Waals surface area (Å²) >= 11 is 1.85. The van der Waals surface area contributed by atoms with Crippen molar-refractivity contribution in [2.45, 2.75) is 13.5 Å². The average molecular weight is 333 g/mol. The first-order valence-corrected chi connectivity index (χ1v) is 9.14. The summed E-state index contributed by atoms with van der Waals surface area (Å²) in [4.78, 5) is 15.6. The van der Waals surface area contributed by atoms with E-state index in [-0.39, 0.29) is 0 Å². The second kappa shape index (κ2) is 6.68. The Hall–Kier alpha value is -1.28. The summed E-state index contributed by atoms with van der Waals surface area (Å²) in [6.07, 6.45) is 0. The Kier molecular flexibility index (Phi) is 4.43. The smallest absolute Gasteiger partial charge is 0.150 e. The fourth-order valence-electron chi connectivity index (χ4n) is 3.23. The van der Waals surface area contributed by atoms with E-state index in [1.54, 1.807) is 0 Å². The molecule has 0 radical (unpaired) electrons. The number of aromatic nitrogens is 2. The van der Waals surface area contributed by atoms with Crippen LogP contribution in [-0.4, -0.2) is 67.4 Å². The summed E-state index contributed by atoms with van der Waals surface area (Å²) in [7, 11) is 0. The largest absolute Gasteiger partial charge is 0.378 e. The minimum atomic E-state index is 0.781. The number of nitrogens with zero attached hydrogens (tertiary/aromatic N) is 4. The first-order valence-electron chi connectivity index (χ1n) is 8.32. The van der Waals surface area contributed by atoms with Crippen LogP contribution in [0.15, 0.2) is 6.07 Å². The lowest BCUT2D eigenvalue weighted by atomic mass is 10.3. The van der Waals surface area contributed by atoms with E-state index in [0.29, 0.717) is 0 Å². The first kappa shape index (κ1) is 15.3. The quantitative estimate of drug-likeness (QED) is 0.912. The predicted octanol–water partition coefficient (Wildman–Crippen LogP) is 1.24. The molecule has 2 aromatic rings. The van der Waals surface area contributed by atoms with Crippen molar-refractivity contribution in [3.63, 3.8) is 0 Å². The summed E-state index contributed by atoms with van der Waals surface area (Å²) < 4.78 is 6.70. The van der Waals surface area contributed by atoms with Gasteiger partial charge in [-0.25, -0.2) is 9.97 Å². The lowest BCUT2D eigenvalue weighted by Crippen LogP contribution is -2.42. The number of aryl methyl sites for hydroxylation is 1. The minimum absolute atomic E-state index is 0.781. The van der Waals surface area contributed by atoms with Crippen molar-refractivity contribution < 1.29 is 4.74 Å². The van der Waals surface area contributed by atoms with Crippen LogP contribution in [0, 0.1) is 6.92 Å². The van der Waals surface area contributed by atoms with Gasteiger partial charge in [-0.3, -0.25) is 4.90 Å². The zero-order valence-electron chi connectivity index (χ0n) is 13.5. The Morgan fingerprint density at radius 2 is 1.96 bits per heavy atom. The first-order chi connectivity index (χ1) is 11.3. The Labute approximate surface area is 140 Å². The van der Waals surface area contributed by atoms with Gasteiger partial charge in [0.25, 0.3) is 0 Å². The second-order valence-electron chi connectivity index (χ2n) is 6.15. The summed E-state index contributed by atoms with van der Waals surface area (Å²) in [5.74, 6) is 1.94. The number of hydrogen-bond donors (Lipinski definition) is 1. The number of rotatable bonds is 3. The van der Waals surface area contributed by atoms with E-state index in [1.807, 2.05) is 18.3 Å². The van der Waals surface area contributed by atoms with Crippen LogP contribution in [0.5, 0.6) is 0 Å². The minimum Gasteiger partial charge on any atom is -0.378 e. The van der Waals surface area contributed by atoms with Crippen molar-refractivity contribution in [3.8, 4) is 0 Å². The molecule has 0 unspecified atom stereocenters. The highest BCUT2D eigenvalue weighted by molar-refractivity contribution is 7.19. The lowest BCUT2D eigenvalue weighted by molar-refractivity contribution is 0.122. The molecule has 124 valence electrons. The highest BCUT2D eigenvalue weighted by Gasteiger charge is 2.19. The van der Waals surface area contributed by atoms with Gasteiger partial charge >= 0.3 is 0 Å². The molecular weight excluding hydrogens is 310 g/mol. The zero-order chi connectivity index (χ0) is 15.6. The van der Waals surface area contributed by atoms with Gasteiger partial charge in [0.1, 0.15) is 5.82 Å². The molecule has 0 saturated carbocycles. The molecule has 2 saturated heterocycles. The van der Waals surface area contributed by atoms with Crippen molar-refractivity contribution in [1.29, 1.82) is 0 Å². The Morgan fingerprint density at radius 1 is 1.17 bits per heavy atom. The van der Waals surface area contributed by atoms with Crippen LogP contribution in [-0.2, 0) is 11.3 Å². The van der Waals surface area contributed by atoms with Gasteiger partial charge in [0.05, 0.1) is 23.4 Å². The van der Waals surface area contributed by atoms with E-state index in [0.717, 1.165) is 76.2 Å². The highest BCUT2D eigenvalue weighted by atomic mass is 32.1. The molecular formula is C16H23N5OS. The summed E-state index contributed by atoms with van der Waals surface area (Å²) in [5, 5.41) is 3.41. The third-order valence-corrected chi connectivity index (χ3v) is 5.52. The number of piperazine rings is 1. The molecule has 2 aliphatic heterocycles. The van der Waals surface area contributed by atoms with Crippen LogP contribution in [0.3, 0.4) is 0 Å². The molecule has 2 aliphatic rings. The van der Waals surface area contributed by atoms with E-state index in [2.05, 4.69) is 26.2 Å². The van der Waals surface area contributed by atoms with Gasteiger partial charge in [-0.1, -0.05) is 0 Å². The molecule has 2 aromatic heterocycles. The zero-order valence-corrected chi connectivity index (χ0v) is 14.4. The normalized spacial score (nSPS) is 20.3. The molecule has 0 spiro atoms. The van der Waals surface area contributed by atoms with E-state index < -0.39 is 0 Å². The van der Waals surface area contributed by atoms with Gasteiger partial charge in [-0.2, -0.15) is 0 Å². The van der Waals surface area contributed by atoms with Crippen molar-refractivity contribution in [2.75, 3.05) is 57.4 Å². The molecule has 2 fully saturated rings. The molecule has 6 nitrogen and oxygen atoms in total. The molecule has 0 bridgehead atoms. The number of ether oxygens (including phenoxy) is 1. The Balaban J connectivity index is 1.63. The number of thiophene rings is 1. The molecule has 0 aromatic carbocycles. The summed E-state index contributed by atoms with van der Waals surface area (Å²) in [5.41, 5.74) is 1.09. The molecule has 7 heteroatoms. The van der Waals surface area contributed by atoms with Crippen molar-refractivity contribution in [1.82, 2.24) is 20.2 Å². The molecule has 4 rings (SSSR count). The predicted molar refractivity (Wildman–Crippen MR) is 93.3 cm³/mol. The van der Waals surface area contributed by atoms with Gasteiger partial charge in [0.15, 0.2) is 5.82 Å². The number of nitrogens with one attached hydrogen (secondary N) is 1. The molecule has 23 heavy (non-hydrogen) atoms. The van der Waals surface area contributed by atoms with Crippen molar-refractivity contribution in [3.05, 3.63) is 16.8 Å². The fraction of sp³-hybridized carbons (Fsp3) is 0.625. The Bertz CT molecular complexity index is 676. The van der Waals surface area contributed by atoms with Gasteiger partial charge in [0.2, 0.25) is 0 Å². The molecule has 0 amide bonds. The van der Waals surface area contributed by atoms with Crippen LogP contribution in [0.2, 0.25) is 0 Å². The monoisotopic (exact) mass is 333 g/mol. The topological polar surface area (TPSA) is 53.5 Å². The van der Waals surface area contributed by atoms with Crippen LogP contribution in [0.4, 0.5) is 5.82 Å². The fourth-order valence-corrected chi connectivity index (χ4v) is 4.39. The summed E-state index contributed by atoms with van der Waals surface area (Å²) in [6, 6.07) is 2.25. The van der Waals surface area contributed by atoms with Gasteiger partial charge < -0.3 is 15.0 Å². The average Bonchev–Trinajstić information content (AvgIpc) is 2.98. The standard InChI is InChI=1S/C16H23N5OS/c1-12-18-14-10-13(11-20-4-2-17-3-5-20)23-15(14)16(19-12)21-6-8-22-9-7-21/h10,17H,2-9,11H2,1H3. The number of hydrogen-bond acceptors (Lipinski definition) is 7. The molecule has 4 heterocycles. The van der Waals surface area contributed by atoms with Crippen molar-refractivity contribution in [2.24, 2.45) is 0 Å². The van der Waals surface area contributed by atoms with Crippen LogP contribution >= 0.6 is 11.3 Å². The maximum absolute atomic E-state index is 5.47. The van der Waals surface area contributed by atoms with Gasteiger partial charge in [-0.15, -0.1) is 11.3 Å². The number of morpholine rings is 1. The maximum Gasteiger partial charge on any atom is 0.150 e. The van der Waals surface area contributed by atoms with Crippen LogP contribution in [0.25, 0.3) is 10.2 Å².